The van der Waals surface area contributed by atoms with Crippen molar-refractivity contribution in [3.63, 3.8) is 0 Å². The van der Waals surface area contributed by atoms with Gasteiger partial charge in [-0.3, -0.25) is 0 Å². The van der Waals surface area contributed by atoms with Crippen LogP contribution in [0.2, 0.25) is 0 Å². The Morgan fingerprint density at radius 1 is 0.963 bits per heavy atom. The summed E-state index contributed by atoms with van der Waals surface area (Å²) in [7, 11) is 0. The van der Waals surface area contributed by atoms with E-state index in [0.29, 0.717) is 5.69 Å². The van der Waals surface area contributed by atoms with Gasteiger partial charge in [-0.25, -0.2) is 14.4 Å². The van der Waals surface area contributed by atoms with E-state index in [-0.39, 0.29) is 5.82 Å². The molecule has 4 aromatic rings. The average molecular weight is 361 g/mol. The van der Waals surface area contributed by atoms with Gasteiger partial charge < -0.3 is 14.8 Å². The van der Waals surface area contributed by atoms with Crippen LogP contribution in [0.5, 0.6) is 0 Å². The molecule has 2 aromatic heterocycles. The van der Waals surface area contributed by atoms with Gasteiger partial charge in [0.15, 0.2) is 5.82 Å². The van der Waals surface area contributed by atoms with E-state index in [1.54, 1.807) is 12.4 Å². The summed E-state index contributed by atoms with van der Waals surface area (Å²) < 4.78 is 14.1. The fourth-order valence-corrected chi connectivity index (χ4v) is 3.91. The van der Waals surface area contributed by atoms with Crippen LogP contribution in [0.3, 0.4) is 0 Å². The first-order valence-corrected chi connectivity index (χ1v) is 9.18. The number of nitrogens with zero attached hydrogens (tertiary/aromatic N) is 4. The molecule has 5 rings (SSSR count). The lowest BCUT2D eigenvalue weighted by Gasteiger charge is -2.36. The van der Waals surface area contributed by atoms with Crippen molar-refractivity contribution in [2.24, 2.45) is 0 Å². The van der Waals surface area contributed by atoms with Crippen molar-refractivity contribution in [2.75, 3.05) is 36.0 Å². The number of halogens is 1. The Labute approximate surface area is 156 Å². The van der Waals surface area contributed by atoms with E-state index in [9.17, 15) is 4.39 Å². The molecule has 1 aliphatic rings. The monoisotopic (exact) mass is 361 g/mol. The highest BCUT2D eigenvalue weighted by molar-refractivity contribution is 6.08. The first-order chi connectivity index (χ1) is 13.2. The van der Waals surface area contributed by atoms with Gasteiger partial charge in [-0.2, -0.15) is 0 Å². The summed E-state index contributed by atoms with van der Waals surface area (Å²) >= 11 is 0. The Bertz CT molecular complexity index is 1130. The minimum Gasteiger partial charge on any atom is -0.366 e. The fraction of sp³-hybridized carbons (Fsp3) is 0.238. The maximum atomic E-state index is 14.1. The highest BCUT2D eigenvalue weighted by Crippen LogP contribution is 2.30. The zero-order valence-corrected chi connectivity index (χ0v) is 15.1. The van der Waals surface area contributed by atoms with Gasteiger partial charge in [0.2, 0.25) is 0 Å². The lowest BCUT2D eigenvalue weighted by molar-refractivity contribution is 0.596. The number of benzene rings is 2. The third kappa shape index (κ3) is 2.68. The Morgan fingerprint density at radius 3 is 2.56 bits per heavy atom. The first kappa shape index (κ1) is 16.1. The smallest absolute Gasteiger partial charge is 0.156 e. The number of rotatable bonds is 2. The van der Waals surface area contributed by atoms with Crippen LogP contribution in [0.4, 0.5) is 15.9 Å². The third-order valence-corrected chi connectivity index (χ3v) is 5.29. The molecular weight excluding hydrogens is 341 g/mol. The molecule has 1 N–H and O–H groups in total. The Hall–Kier alpha value is -3.15. The van der Waals surface area contributed by atoms with Crippen molar-refractivity contribution in [1.82, 2.24) is 15.0 Å². The van der Waals surface area contributed by atoms with Gasteiger partial charge in [-0.15, -0.1) is 0 Å². The molecule has 136 valence electrons. The van der Waals surface area contributed by atoms with Gasteiger partial charge in [0.25, 0.3) is 0 Å². The SMILES string of the molecule is Cc1ccc2c(c1)[nH]c1c(N3CCN(c4ccccc4F)CC3)ncnc12. The highest BCUT2D eigenvalue weighted by atomic mass is 19.1. The largest absolute Gasteiger partial charge is 0.366 e. The summed E-state index contributed by atoms with van der Waals surface area (Å²) in [6.07, 6.45) is 1.63. The normalized spacial score (nSPS) is 15.0. The van der Waals surface area contributed by atoms with Crippen LogP contribution in [0, 0.1) is 12.7 Å². The standard InChI is InChI=1S/C21H20FN5/c1-14-6-7-15-17(12-14)25-20-19(15)23-13-24-21(20)27-10-8-26(9-11-27)18-5-3-2-4-16(18)22/h2-7,12-13,25H,8-11H2,1H3. The molecule has 0 aliphatic carbocycles. The summed E-state index contributed by atoms with van der Waals surface area (Å²) in [6, 6.07) is 13.3. The van der Waals surface area contributed by atoms with Crippen molar-refractivity contribution in [2.45, 2.75) is 6.92 Å². The van der Waals surface area contributed by atoms with Crippen molar-refractivity contribution < 1.29 is 4.39 Å². The number of para-hydroxylation sites is 1. The van der Waals surface area contributed by atoms with E-state index >= 15 is 0 Å². The second-order valence-electron chi connectivity index (χ2n) is 7.02. The number of aromatic nitrogens is 3. The van der Waals surface area contributed by atoms with Gasteiger partial charge in [0, 0.05) is 37.1 Å². The number of anilines is 2. The molecule has 1 fully saturated rings. The predicted molar refractivity (Wildman–Crippen MR) is 107 cm³/mol. The number of piperazine rings is 1. The van der Waals surface area contributed by atoms with E-state index in [4.69, 9.17) is 0 Å². The fourth-order valence-electron chi connectivity index (χ4n) is 3.91. The second-order valence-corrected chi connectivity index (χ2v) is 7.02. The molecule has 6 heteroatoms. The lowest BCUT2D eigenvalue weighted by atomic mass is 10.2. The average Bonchev–Trinajstić information content (AvgIpc) is 3.06. The molecule has 3 heterocycles. The first-order valence-electron chi connectivity index (χ1n) is 9.18. The van der Waals surface area contributed by atoms with E-state index in [2.05, 4.69) is 49.9 Å². The van der Waals surface area contributed by atoms with Crippen LogP contribution in [0.25, 0.3) is 21.9 Å². The predicted octanol–water partition coefficient (Wildman–Crippen LogP) is 3.89. The van der Waals surface area contributed by atoms with E-state index in [1.165, 1.54) is 11.6 Å². The highest BCUT2D eigenvalue weighted by Gasteiger charge is 2.22. The zero-order chi connectivity index (χ0) is 18.4. The molecule has 0 spiro atoms. The number of hydrogen-bond acceptors (Lipinski definition) is 4. The summed E-state index contributed by atoms with van der Waals surface area (Å²) in [6.45, 7) is 5.17. The van der Waals surface area contributed by atoms with Crippen LogP contribution in [0.1, 0.15) is 5.56 Å². The van der Waals surface area contributed by atoms with Crippen LogP contribution < -0.4 is 9.80 Å². The Balaban J connectivity index is 1.47. The molecule has 0 bridgehead atoms. The summed E-state index contributed by atoms with van der Waals surface area (Å²) in [5.74, 6) is 0.753. The zero-order valence-electron chi connectivity index (χ0n) is 15.1. The quantitative estimate of drug-likeness (QED) is 0.589. The van der Waals surface area contributed by atoms with Crippen molar-refractivity contribution in [3.05, 3.63) is 60.2 Å². The minimum atomic E-state index is -0.165. The molecule has 0 unspecified atom stereocenters. The minimum absolute atomic E-state index is 0.165. The maximum Gasteiger partial charge on any atom is 0.156 e. The number of nitrogens with one attached hydrogen (secondary N) is 1. The van der Waals surface area contributed by atoms with E-state index < -0.39 is 0 Å². The molecular formula is C21H20FN5. The number of aryl methyl sites for hydroxylation is 1. The molecule has 0 saturated carbocycles. The number of fused-ring (bicyclic) bond motifs is 3. The second kappa shape index (κ2) is 6.23. The topological polar surface area (TPSA) is 48.1 Å². The molecule has 0 amide bonds. The molecule has 1 aliphatic heterocycles. The Morgan fingerprint density at radius 2 is 1.74 bits per heavy atom. The van der Waals surface area contributed by atoms with Crippen LogP contribution in [-0.2, 0) is 0 Å². The molecule has 2 aromatic carbocycles. The van der Waals surface area contributed by atoms with E-state index in [0.717, 1.165) is 53.9 Å². The van der Waals surface area contributed by atoms with Gasteiger partial charge in [-0.1, -0.05) is 24.3 Å². The van der Waals surface area contributed by atoms with Gasteiger partial charge in [0.1, 0.15) is 23.2 Å². The molecule has 0 atom stereocenters. The van der Waals surface area contributed by atoms with Gasteiger partial charge in [-0.05, 0) is 30.7 Å². The summed E-state index contributed by atoms with van der Waals surface area (Å²) in [4.78, 5) is 16.9. The van der Waals surface area contributed by atoms with Crippen molar-refractivity contribution in [3.8, 4) is 0 Å². The number of H-pyrrole nitrogens is 1. The Kier molecular flexibility index (Phi) is 3.70. The van der Waals surface area contributed by atoms with Crippen LogP contribution in [-0.4, -0.2) is 41.1 Å². The van der Waals surface area contributed by atoms with E-state index in [1.807, 2.05) is 12.1 Å². The summed E-state index contributed by atoms with van der Waals surface area (Å²) in [5, 5.41) is 1.12. The number of hydrogen-bond donors (Lipinski definition) is 1. The molecule has 1 saturated heterocycles. The third-order valence-electron chi connectivity index (χ3n) is 5.29. The lowest BCUT2D eigenvalue weighted by Crippen LogP contribution is -2.47. The maximum absolute atomic E-state index is 14.1. The van der Waals surface area contributed by atoms with Crippen molar-refractivity contribution >= 4 is 33.4 Å². The molecule has 27 heavy (non-hydrogen) atoms. The molecule has 5 nitrogen and oxygen atoms in total. The van der Waals surface area contributed by atoms with Crippen molar-refractivity contribution in [1.29, 1.82) is 0 Å². The van der Waals surface area contributed by atoms with Gasteiger partial charge >= 0.3 is 0 Å². The van der Waals surface area contributed by atoms with Crippen LogP contribution >= 0.6 is 0 Å². The molecule has 0 radical (unpaired) electrons. The van der Waals surface area contributed by atoms with Crippen LogP contribution in [0.15, 0.2) is 48.8 Å². The summed E-state index contributed by atoms with van der Waals surface area (Å²) in [5.41, 5.74) is 4.88. The van der Waals surface area contributed by atoms with Gasteiger partial charge in [0.05, 0.1) is 5.69 Å². The number of aromatic amines is 1.